The maximum absolute atomic E-state index is 14.5. The Labute approximate surface area is 173 Å². The van der Waals surface area contributed by atoms with Gasteiger partial charge >= 0.3 is 0 Å². The van der Waals surface area contributed by atoms with E-state index < -0.39 is 0 Å². The average molecular weight is 388 g/mol. The first-order valence-electron chi connectivity index (χ1n) is 9.98. The van der Waals surface area contributed by atoms with Crippen molar-refractivity contribution in [2.45, 2.75) is 0 Å². The molecule has 6 aromatic rings. The number of halogens is 1. The van der Waals surface area contributed by atoms with E-state index >= 15 is 0 Å². The first-order chi connectivity index (χ1) is 14.8. The summed E-state index contributed by atoms with van der Waals surface area (Å²) in [4.78, 5) is 0. The van der Waals surface area contributed by atoms with Gasteiger partial charge in [0.15, 0.2) is 0 Å². The predicted octanol–water partition coefficient (Wildman–Crippen LogP) is 8.21. The Morgan fingerprint density at radius 3 is 1.93 bits per heavy atom. The Balaban J connectivity index is 1.61. The Morgan fingerprint density at radius 2 is 1.10 bits per heavy atom. The third-order valence-electron chi connectivity index (χ3n) is 5.78. The van der Waals surface area contributed by atoms with Crippen molar-refractivity contribution in [3.05, 3.63) is 109 Å². The molecule has 0 aliphatic heterocycles. The van der Waals surface area contributed by atoms with Crippen LogP contribution < -0.4 is 0 Å². The monoisotopic (exact) mass is 388 g/mol. The average Bonchev–Trinajstić information content (AvgIpc) is 3.17. The molecule has 1 aromatic heterocycles. The normalized spacial score (nSPS) is 11.5. The molecule has 1 heterocycles. The van der Waals surface area contributed by atoms with Gasteiger partial charge in [-0.2, -0.15) is 0 Å². The van der Waals surface area contributed by atoms with Gasteiger partial charge in [-0.25, -0.2) is 4.39 Å². The fourth-order valence-corrected chi connectivity index (χ4v) is 4.36. The highest BCUT2D eigenvalue weighted by Gasteiger charge is 2.13. The molecule has 0 aliphatic rings. The van der Waals surface area contributed by atoms with Gasteiger partial charge < -0.3 is 4.42 Å². The zero-order valence-corrected chi connectivity index (χ0v) is 16.1. The second-order valence-electron chi connectivity index (χ2n) is 7.50. The summed E-state index contributed by atoms with van der Waals surface area (Å²) in [6, 6.07) is 33.7. The molecule has 6 rings (SSSR count). The lowest BCUT2D eigenvalue weighted by Crippen LogP contribution is -1.88. The lowest BCUT2D eigenvalue weighted by Gasteiger charge is -2.13. The zero-order chi connectivity index (χ0) is 20.1. The highest BCUT2D eigenvalue weighted by atomic mass is 19.1. The van der Waals surface area contributed by atoms with Crippen LogP contribution in [0.1, 0.15) is 0 Å². The number of hydrogen-bond acceptors (Lipinski definition) is 1. The minimum atomic E-state index is -0.207. The fraction of sp³-hybridized carbons (Fsp3) is 0. The van der Waals surface area contributed by atoms with E-state index in [4.69, 9.17) is 4.42 Å². The van der Waals surface area contributed by atoms with Gasteiger partial charge in [0, 0.05) is 16.3 Å². The van der Waals surface area contributed by atoms with Gasteiger partial charge in [-0.05, 0) is 51.7 Å². The maximum Gasteiger partial charge on any atom is 0.135 e. The minimum Gasteiger partial charge on any atom is -0.456 e. The number of rotatable bonds is 2. The van der Waals surface area contributed by atoms with Crippen LogP contribution in [0.5, 0.6) is 0 Å². The summed E-state index contributed by atoms with van der Waals surface area (Å²) in [7, 11) is 0. The van der Waals surface area contributed by atoms with Crippen molar-refractivity contribution in [1.82, 2.24) is 0 Å². The molecule has 1 nitrogen and oxygen atoms in total. The quantitative estimate of drug-likeness (QED) is 0.291. The SMILES string of the molecule is Fc1ccccc1-c1ccc(-c2ccc3oc4ccccc4c3c2)c2ccccc12. The molecule has 0 amide bonds. The van der Waals surface area contributed by atoms with Crippen molar-refractivity contribution in [2.75, 3.05) is 0 Å². The number of para-hydroxylation sites is 1. The van der Waals surface area contributed by atoms with Crippen molar-refractivity contribution < 1.29 is 8.81 Å². The smallest absolute Gasteiger partial charge is 0.135 e. The molecular formula is C28H17FO. The van der Waals surface area contributed by atoms with E-state index in [0.717, 1.165) is 49.4 Å². The topological polar surface area (TPSA) is 13.1 Å². The highest BCUT2D eigenvalue weighted by molar-refractivity contribution is 6.09. The van der Waals surface area contributed by atoms with Crippen LogP contribution in [0.2, 0.25) is 0 Å². The van der Waals surface area contributed by atoms with Crippen LogP contribution in [-0.2, 0) is 0 Å². The Kier molecular flexibility index (Phi) is 3.72. The Bertz CT molecular complexity index is 1560. The van der Waals surface area contributed by atoms with Crippen molar-refractivity contribution in [3.63, 3.8) is 0 Å². The fourth-order valence-electron chi connectivity index (χ4n) is 4.36. The molecule has 0 N–H and O–H groups in total. The summed E-state index contributed by atoms with van der Waals surface area (Å²) in [5.74, 6) is -0.207. The summed E-state index contributed by atoms with van der Waals surface area (Å²) >= 11 is 0. The molecule has 0 unspecified atom stereocenters. The highest BCUT2D eigenvalue weighted by Crippen LogP contribution is 2.38. The molecular weight excluding hydrogens is 371 g/mol. The van der Waals surface area contributed by atoms with Gasteiger partial charge in [-0.1, -0.05) is 78.9 Å². The second-order valence-corrected chi connectivity index (χ2v) is 7.50. The van der Waals surface area contributed by atoms with Gasteiger partial charge in [-0.15, -0.1) is 0 Å². The zero-order valence-electron chi connectivity index (χ0n) is 16.1. The lowest BCUT2D eigenvalue weighted by atomic mass is 9.91. The molecule has 0 radical (unpaired) electrons. The molecule has 0 aliphatic carbocycles. The standard InChI is InChI=1S/C28H17FO/c29-26-11-5-3-9-23(26)22-15-14-19(20-7-1-2-8-21(20)22)18-13-16-28-25(17-18)24-10-4-6-12-27(24)30-28/h1-17H. The van der Waals surface area contributed by atoms with Gasteiger partial charge in [0.05, 0.1) is 0 Å². The van der Waals surface area contributed by atoms with Crippen molar-refractivity contribution in [2.24, 2.45) is 0 Å². The van der Waals surface area contributed by atoms with Crippen molar-refractivity contribution >= 4 is 32.7 Å². The van der Waals surface area contributed by atoms with Crippen LogP contribution in [0.25, 0.3) is 55.0 Å². The molecule has 0 bridgehead atoms. The predicted molar refractivity (Wildman–Crippen MR) is 122 cm³/mol. The number of fused-ring (bicyclic) bond motifs is 4. The van der Waals surface area contributed by atoms with Crippen LogP contribution in [0.3, 0.4) is 0 Å². The first-order valence-corrected chi connectivity index (χ1v) is 9.98. The van der Waals surface area contributed by atoms with Gasteiger partial charge in [0.2, 0.25) is 0 Å². The summed E-state index contributed by atoms with van der Waals surface area (Å²) in [6.45, 7) is 0. The summed E-state index contributed by atoms with van der Waals surface area (Å²) in [5.41, 5.74) is 5.54. The van der Waals surface area contributed by atoms with E-state index in [1.165, 1.54) is 6.07 Å². The molecule has 142 valence electrons. The molecule has 0 spiro atoms. The number of furan rings is 1. The molecule has 0 saturated carbocycles. The van der Waals surface area contributed by atoms with Gasteiger partial charge in [0.25, 0.3) is 0 Å². The largest absolute Gasteiger partial charge is 0.456 e. The maximum atomic E-state index is 14.5. The van der Waals surface area contributed by atoms with E-state index in [-0.39, 0.29) is 5.82 Å². The summed E-state index contributed by atoms with van der Waals surface area (Å²) in [6.07, 6.45) is 0. The van der Waals surface area contributed by atoms with Crippen molar-refractivity contribution in [3.8, 4) is 22.3 Å². The molecule has 0 atom stereocenters. The van der Waals surface area contributed by atoms with Crippen LogP contribution in [-0.4, -0.2) is 0 Å². The first kappa shape index (κ1) is 17.0. The third kappa shape index (κ3) is 2.54. The van der Waals surface area contributed by atoms with E-state index in [1.54, 1.807) is 6.07 Å². The molecule has 5 aromatic carbocycles. The number of benzene rings is 5. The Morgan fingerprint density at radius 1 is 0.467 bits per heavy atom. The van der Waals surface area contributed by atoms with E-state index in [2.05, 4.69) is 36.4 Å². The minimum absolute atomic E-state index is 0.207. The van der Waals surface area contributed by atoms with Crippen molar-refractivity contribution in [1.29, 1.82) is 0 Å². The van der Waals surface area contributed by atoms with Crippen LogP contribution in [0.15, 0.2) is 108 Å². The lowest BCUT2D eigenvalue weighted by molar-refractivity contribution is 0.631. The van der Waals surface area contributed by atoms with Crippen LogP contribution in [0, 0.1) is 5.82 Å². The molecule has 2 heteroatoms. The summed E-state index contributed by atoms with van der Waals surface area (Å²) in [5, 5.41) is 4.36. The molecule has 30 heavy (non-hydrogen) atoms. The number of hydrogen-bond donors (Lipinski definition) is 0. The van der Waals surface area contributed by atoms with E-state index in [1.807, 2.05) is 54.6 Å². The summed E-state index contributed by atoms with van der Waals surface area (Å²) < 4.78 is 20.5. The molecule has 0 fully saturated rings. The second kappa shape index (κ2) is 6.57. The van der Waals surface area contributed by atoms with E-state index in [9.17, 15) is 4.39 Å². The third-order valence-corrected chi connectivity index (χ3v) is 5.78. The van der Waals surface area contributed by atoms with E-state index in [0.29, 0.717) is 5.56 Å². The van der Waals surface area contributed by atoms with Gasteiger partial charge in [-0.3, -0.25) is 0 Å². The molecule has 0 saturated heterocycles. The van der Waals surface area contributed by atoms with Gasteiger partial charge in [0.1, 0.15) is 17.0 Å². The van der Waals surface area contributed by atoms with Crippen LogP contribution in [0.4, 0.5) is 4.39 Å². The van der Waals surface area contributed by atoms with Crippen LogP contribution >= 0.6 is 0 Å². The Hall–Kier alpha value is -3.91.